The van der Waals surface area contributed by atoms with Crippen molar-refractivity contribution in [2.24, 2.45) is 17.6 Å². The zero-order chi connectivity index (χ0) is 14.7. The van der Waals surface area contributed by atoms with E-state index in [1.54, 1.807) is 31.2 Å². The number of ether oxygens (including phenoxy) is 1. The summed E-state index contributed by atoms with van der Waals surface area (Å²) in [6.45, 7) is 2.07. The molecule has 2 unspecified atom stereocenters. The Kier molecular flexibility index (Phi) is 4.02. The molecule has 1 aromatic carbocycles. The van der Waals surface area contributed by atoms with E-state index in [0.29, 0.717) is 24.3 Å². The summed E-state index contributed by atoms with van der Waals surface area (Å²) in [6, 6.07) is 6.67. The van der Waals surface area contributed by atoms with Gasteiger partial charge in [0.1, 0.15) is 5.84 Å². The minimum Gasteiger partial charge on any atom is -0.466 e. The van der Waals surface area contributed by atoms with Crippen molar-refractivity contribution in [2.45, 2.75) is 13.3 Å². The third-order valence-corrected chi connectivity index (χ3v) is 3.18. The predicted molar refractivity (Wildman–Crippen MR) is 74.3 cm³/mol. The van der Waals surface area contributed by atoms with E-state index in [-0.39, 0.29) is 29.5 Å². The molecule has 1 aliphatic rings. The van der Waals surface area contributed by atoms with Gasteiger partial charge in [0.25, 0.3) is 0 Å². The summed E-state index contributed by atoms with van der Waals surface area (Å²) in [5.74, 6) is -1.13. The van der Waals surface area contributed by atoms with Crippen molar-refractivity contribution in [1.29, 1.82) is 5.41 Å². The first-order valence-corrected chi connectivity index (χ1v) is 6.45. The molecule has 1 fully saturated rings. The van der Waals surface area contributed by atoms with E-state index in [0.717, 1.165) is 0 Å². The number of amidine groups is 1. The second-order valence-corrected chi connectivity index (χ2v) is 4.68. The van der Waals surface area contributed by atoms with Crippen LogP contribution in [0.3, 0.4) is 0 Å². The van der Waals surface area contributed by atoms with Crippen LogP contribution in [0.25, 0.3) is 0 Å². The molecule has 0 bridgehead atoms. The van der Waals surface area contributed by atoms with Gasteiger partial charge >= 0.3 is 5.97 Å². The van der Waals surface area contributed by atoms with E-state index in [9.17, 15) is 9.59 Å². The molecule has 0 saturated heterocycles. The van der Waals surface area contributed by atoms with Gasteiger partial charge in [0.2, 0.25) is 5.91 Å². The fourth-order valence-corrected chi connectivity index (χ4v) is 1.96. The first kappa shape index (κ1) is 14.0. The first-order valence-electron chi connectivity index (χ1n) is 6.45. The molecular weight excluding hydrogens is 258 g/mol. The van der Waals surface area contributed by atoms with E-state index in [1.807, 2.05) is 0 Å². The molecule has 106 valence electrons. The molecule has 2 rings (SSSR count). The van der Waals surface area contributed by atoms with Gasteiger partial charge in [-0.2, -0.15) is 0 Å². The molecule has 0 radical (unpaired) electrons. The Morgan fingerprint density at radius 1 is 1.35 bits per heavy atom. The van der Waals surface area contributed by atoms with Crippen LogP contribution in [0.15, 0.2) is 24.3 Å². The fraction of sp³-hybridized carbons (Fsp3) is 0.357. The van der Waals surface area contributed by atoms with Gasteiger partial charge in [0.05, 0.1) is 18.4 Å². The van der Waals surface area contributed by atoms with Crippen molar-refractivity contribution >= 4 is 23.4 Å². The van der Waals surface area contributed by atoms with Crippen molar-refractivity contribution in [1.82, 2.24) is 0 Å². The maximum atomic E-state index is 11.9. The molecule has 20 heavy (non-hydrogen) atoms. The number of hydrogen-bond acceptors (Lipinski definition) is 4. The van der Waals surface area contributed by atoms with Crippen LogP contribution in [0.1, 0.15) is 18.9 Å². The highest BCUT2D eigenvalue weighted by Gasteiger charge is 2.49. The molecule has 6 heteroatoms. The molecule has 6 nitrogen and oxygen atoms in total. The number of nitrogens with two attached hydrogens (primary N) is 1. The topological polar surface area (TPSA) is 105 Å². The molecule has 1 aromatic rings. The first-order chi connectivity index (χ1) is 9.52. The lowest BCUT2D eigenvalue weighted by Gasteiger charge is -2.06. The van der Waals surface area contributed by atoms with Crippen LogP contribution >= 0.6 is 0 Å². The van der Waals surface area contributed by atoms with Gasteiger partial charge in [0, 0.05) is 11.3 Å². The Hall–Kier alpha value is -2.37. The van der Waals surface area contributed by atoms with Gasteiger partial charge in [-0.05, 0) is 37.6 Å². The summed E-state index contributed by atoms with van der Waals surface area (Å²) in [6.07, 6.45) is 0.538. The summed E-state index contributed by atoms with van der Waals surface area (Å²) in [7, 11) is 0. The Balaban J connectivity index is 1.90. The average Bonchev–Trinajstić information content (AvgIpc) is 3.20. The van der Waals surface area contributed by atoms with Crippen molar-refractivity contribution in [3.05, 3.63) is 29.8 Å². The lowest BCUT2D eigenvalue weighted by Crippen LogP contribution is -2.18. The van der Waals surface area contributed by atoms with E-state index in [4.69, 9.17) is 15.9 Å². The number of carbonyl (C=O) groups excluding carboxylic acids is 2. The number of carbonyl (C=O) groups is 2. The third-order valence-electron chi connectivity index (χ3n) is 3.18. The molecule has 2 atom stereocenters. The monoisotopic (exact) mass is 275 g/mol. The van der Waals surface area contributed by atoms with E-state index in [1.165, 1.54) is 0 Å². The summed E-state index contributed by atoms with van der Waals surface area (Å²) < 4.78 is 4.88. The van der Waals surface area contributed by atoms with Crippen LogP contribution in [0.4, 0.5) is 5.69 Å². The molecule has 0 heterocycles. The second kappa shape index (κ2) is 5.73. The maximum Gasteiger partial charge on any atom is 0.309 e. The fourth-order valence-electron chi connectivity index (χ4n) is 1.96. The number of benzene rings is 1. The largest absolute Gasteiger partial charge is 0.466 e. The summed E-state index contributed by atoms with van der Waals surface area (Å²) in [5.41, 5.74) is 6.56. The normalized spacial score (nSPS) is 20.1. The van der Waals surface area contributed by atoms with Gasteiger partial charge in [-0.3, -0.25) is 15.0 Å². The molecule has 4 N–H and O–H groups in total. The average molecular weight is 275 g/mol. The van der Waals surface area contributed by atoms with Crippen LogP contribution in [-0.2, 0) is 14.3 Å². The van der Waals surface area contributed by atoms with E-state index >= 15 is 0 Å². The molecular formula is C14H17N3O3. The molecule has 1 amide bonds. The minimum atomic E-state index is -0.313. The Morgan fingerprint density at radius 2 is 2.00 bits per heavy atom. The van der Waals surface area contributed by atoms with Crippen molar-refractivity contribution in [3.63, 3.8) is 0 Å². The smallest absolute Gasteiger partial charge is 0.309 e. The van der Waals surface area contributed by atoms with E-state index < -0.39 is 0 Å². The summed E-state index contributed by atoms with van der Waals surface area (Å²) >= 11 is 0. The zero-order valence-corrected chi connectivity index (χ0v) is 11.2. The number of nitrogens with one attached hydrogen (secondary N) is 2. The molecule has 1 aliphatic carbocycles. The number of nitrogen functional groups attached to an aromatic ring is 1. The van der Waals surface area contributed by atoms with Crippen molar-refractivity contribution < 1.29 is 14.3 Å². The molecule has 0 aliphatic heterocycles. The Morgan fingerprint density at radius 3 is 2.55 bits per heavy atom. The van der Waals surface area contributed by atoms with Gasteiger partial charge in [-0.15, -0.1) is 0 Å². The lowest BCUT2D eigenvalue weighted by molar-refractivity contribution is -0.145. The highest BCUT2D eigenvalue weighted by atomic mass is 16.5. The number of rotatable bonds is 5. The zero-order valence-electron chi connectivity index (χ0n) is 11.2. The number of anilines is 1. The predicted octanol–water partition coefficient (Wildman–Crippen LogP) is 1.11. The quantitative estimate of drug-likeness (QED) is 0.425. The standard InChI is InChI=1S/C14H17N3O3/c1-2-20-14(19)11-7-10(11)13(18)17-9-5-3-8(4-6-9)12(15)16/h3-6,10-11H,2,7H2,1H3,(H3,15,16)(H,17,18). The Bertz CT molecular complexity index is 539. The highest BCUT2D eigenvalue weighted by Crippen LogP contribution is 2.40. The second-order valence-electron chi connectivity index (χ2n) is 4.68. The number of hydrogen-bond donors (Lipinski definition) is 3. The van der Waals surface area contributed by atoms with Gasteiger partial charge in [0.15, 0.2) is 0 Å². The van der Waals surface area contributed by atoms with Crippen LogP contribution in [-0.4, -0.2) is 24.3 Å². The van der Waals surface area contributed by atoms with Crippen molar-refractivity contribution in [3.8, 4) is 0 Å². The lowest BCUT2D eigenvalue weighted by atomic mass is 10.2. The van der Waals surface area contributed by atoms with Gasteiger partial charge in [-0.1, -0.05) is 0 Å². The highest BCUT2D eigenvalue weighted by molar-refractivity contribution is 5.99. The Labute approximate surface area is 116 Å². The molecule has 1 saturated carbocycles. The van der Waals surface area contributed by atoms with E-state index in [2.05, 4.69) is 5.32 Å². The van der Waals surface area contributed by atoms with Gasteiger partial charge < -0.3 is 15.8 Å². The molecule has 0 aromatic heterocycles. The van der Waals surface area contributed by atoms with Crippen molar-refractivity contribution in [2.75, 3.05) is 11.9 Å². The van der Waals surface area contributed by atoms with Gasteiger partial charge in [-0.25, -0.2) is 0 Å². The summed E-state index contributed by atoms with van der Waals surface area (Å²) in [4.78, 5) is 23.4. The van der Waals surface area contributed by atoms with Crippen LogP contribution in [0, 0.1) is 17.2 Å². The van der Waals surface area contributed by atoms with Crippen LogP contribution < -0.4 is 11.1 Å². The number of esters is 1. The van der Waals surface area contributed by atoms with Crippen LogP contribution in [0.5, 0.6) is 0 Å². The summed E-state index contributed by atoms with van der Waals surface area (Å²) in [5, 5.41) is 10.0. The third kappa shape index (κ3) is 3.14. The minimum absolute atomic E-state index is 0.0209. The SMILES string of the molecule is CCOC(=O)C1CC1C(=O)Nc1ccc(C(=N)N)cc1. The number of amides is 1. The molecule has 0 spiro atoms. The maximum absolute atomic E-state index is 11.9. The van der Waals surface area contributed by atoms with Crippen LogP contribution in [0.2, 0.25) is 0 Å².